The first-order chi connectivity index (χ1) is 6.66. The normalized spacial score (nSPS) is 14.0. The third-order valence-electron chi connectivity index (χ3n) is 2.00. The zero-order chi connectivity index (χ0) is 10.1. The molecular weight excluding hydrogens is 186 g/mol. The second-order valence-electron chi connectivity index (χ2n) is 3.02. The molecule has 6 nitrogen and oxygen atoms in total. The van der Waals surface area contributed by atoms with Gasteiger partial charge in [0, 0.05) is 5.56 Å². The quantitative estimate of drug-likeness (QED) is 0.673. The number of anilines is 1. The molecule has 0 saturated carbocycles. The lowest BCUT2D eigenvalue weighted by molar-refractivity contribution is -0.136. The van der Waals surface area contributed by atoms with E-state index < -0.39 is 5.97 Å². The van der Waals surface area contributed by atoms with Gasteiger partial charge in [0.1, 0.15) is 0 Å². The number of nitrogen functional groups attached to an aromatic ring is 1. The summed E-state index contributed by atoms with van der Waals surface area (Å²) < 4.78 is 5.14. The molecule has 0 aromatic carbocycles. The molecule has 1 aromatic rings. The molecule has 0 atom stereocenters. The molecule has 1 aliphatic rings. The van der Waals surface area contributed by atoms with E-state index in [1.807, 2.05) is 0 Å². The Bertz CT molecular complexity index is 392. The third kappa shape index (κ3) is 1.51. The van der Waals surface area contributed by atoms with Crippen molar-refractivity contribution in [1.29, 1.82) is 0 Å². The fourth-order valence-corrected chi connectivity index (χ4v) is 1.43. The van der Waals surface area contributed by atoms with E-state index in [4.69, 9.17) is 15.6 Å². The number of fused-ring (bicyclic) bond motifs is 1. The number of nitrogens with zero attached hydrogens (tertiary/aromatic N) is 2. The van der Waals surface area contributed by atoms with Gasteiger partial charge in [0.2, 0.25) is 5.95 Å². The maximum Gasteiger partial charge on any atom is 0.309 e. The molecule has 1 aromatic heterocycles. The van der Waals surface area contributed by atoms with Crippen LogP contribution in [0, 0.1) is 0 Å². The average molecular weight is 195 g/mol. The van der Waals surface area contributed by atoms with Gasteiger partial charge in [-0.3, -0.25) is 4.79 Å². The standard InChI is InChI=1S/C8H9N3O3/c9-8-10-5(1-7(12)13)4-2-14-3-6(4)11-8/h1-3H2,(H,12,13)(H2,9,10,11). The van der Waals surface area contributed by atoms with Gasteiger partial charge in [-0.1, -0.05) is 0 Å². The van der Waals surface area contributed by atoms with Crippen molar-refractivity contribution < 1.29 is 14.6 Å². The zero-order valence-electron chi connectivity index (χ0n) is 7.36. The molecule has 6 heteroatoms. The number of hydrogen-bond acceptors (Lipinski definition) is 5. The summed E-state index contributed by atoms with van der Waals surface area (Å²) in [5.74, 6) is -0.831. The molecule has 0 radical (unpaired) electrons. The van der Waals surface area contributed by atoms with E-state index in [1.165, 1.54) is 0 Å². The van der Waals surface area contributed by atoms with E-state index in [9.17, 15) is 4.79 Å². The van der Waals surface area contributed by atoms with E-state index in [1.54, 1.807) is 0 Å². The summed E-state index contributed by atoms with van der Waals surface area (Å²) in [5, 5.41) is 8.65. The van der Waals surface area contributed by atoms with Gasteiger partial charge in [0.25, 0.3) is 0 Å². The van der Waals surface area contributed by atoms with Gasteiger partial charge < -0.3 is 15.6 Å². The molecule has 3 N–H and O–H groups in total. The Hall–Kier alpha value is -1.69. The van der Waals surface area contributed by atoms with Crippen molar-refractivity contribution in [3.05, 3.63) is 17.0 Å². The fraction of sp³-hybridized carbons (Fsp3) is 0.375. The minimum Gasteiger partial charge on any atom is -0.481 e. The summed E-state index contributed by atoms with van der Waals surface area (Å²) in [7, 11) is 0. The average Bonchev–Trinajstić information content (AvgIpc) is 2.50. The van der Waals surface area contributed by atoms with Gasteiger partial charge in [-0.05, 0) is 0 Å². The van der Waals surface area contributed by atoms with Crippen LogP contribution in [0.25, 0.3) is 0 Å². The van der Waals surface area contributed by atoms with Crippen molar-refractivity contribution >= 4 is 11.9 Å². The van der Waals surface area contributed by atoms with Crippen LogP contribution in [0.3, 0.4) is 0 Å². The van der Waals surface area contributed by atoms with Gasteiger partial charge in [-0.25, -0.2) is 9.97 Å². The van der Waals surface area contributed by atoms with Crippen molar-refractivity contribution in [2.24, 2.45) is 0 Å². The number of carboxylic acids is 1. The van der Waals surface area contributed by atoms with Crippen LogP contribution >= 0.6 is 0 Å². The topological polar surface area (TPSA) is 98.3 Å². The molecule has 2 heterocycles. The van der Waals surface area contributed by atoms with Crippen LogP contribution in [-0.4, -0.2) is 21.0 Å². The molecule has 0 bridgehead atoms. The summed E-state index contributed by atoms with van der Waals surface area (Å²) in [5.41, 5.74) is 7.36. The van der Waals surface area contributed by atoms with Gasteiger partial charge in [-0.15, -0.1) is 0 Å². The number of carbonyl (C=O) groups is 1. The van der Waals surface area contributed by atoms with E-state index in [2.05, 4.69) is 9.97 Å². The first-order valence-electron chi connectivity index (χ1n) is 4.10. The Morgan fingerprint density at radius 2 is 2.29 bits per heavy atom. The van der Waals surface area contributed by atoms with Gasteiger partial charge in [0.15, 0.2) is 0 Å². The Morgan fingerprint density at radius 3 is 3.00 bits per heavy atom. The maximum absolute atomic E-state index is 10.5. The lowest BCUT2D eigenvalue weighted by Gasteiger charge is -2.03. The number of carboxylic acid groups (broad SMARTS) is 1. The van der Waals surface area contributed by atoms with Crippen LogP contribution in [0.2, 0.25) is 0 Å². The van der Waals surface area contributed by atoms with Crippen molar-refractivity contribution in [3.63, 3.8) is 0 Å². The Kier molecular flexibility index (Phi) is 2.05. The largest absolute Gasteiger partial charge is 0.481 e. The molecule has 0 fully saturated rings. The van der Waals surface area contributed by atoms with Crippen LogP contribution in [0.1, 0.15) is 17.0 Å². The van der Waals surface area contributed by atoms with Crippen molar-refractivity contribution in [1.82, 2.24) is 9.97 Å². The highest BCUT2D eigenvalue weighted by atomic mass is 16.5. The Labute approximate surface area is 79.7 Å². The highest BCUT2D eigenvalue weighted by Crippen LogP contribution is 2.21. The predicted molar refractivity (Wildman–Crippen MR) is 46.3 cm³/mol. The van der Waals surface area contributed by atoms with Crippen LogP contribution in [-0.2, 0) is 29.2 Å². The maximum atomic E-state index is 10.5. The number of nitrogens with two attached hydrogens (primary N) is 1. The van der Waals surface area contributed by atoms with E-state index in [0.29, 0.717) is 24.6 Å². The predicted octanol–water partition coefficient (Wildman–Crippen LogP) is -0.284. The molecule has 74 valence electrons. The molecule has 0 aliphatic carbocycles. The molecule has 1 aliphatic heterocycles. The van der Waals surface area contributed by atoms with E-state index in [0.717, 1.165) is 5.56 Å². The van der Waals surface area contributed by atoms with Gasteiger partial charge in [-0.2, -0.15) is 0 Å². The van der Waals surface area contributed by atoms with E-state index >= 15 is 0 Å². The van der Waals surface area contributed by atoms with Crippen molar-refractivity contribution in [3.8, 4) is 0 Å². The Balaban J connectivity index is 2.43. The third-order valence-corrected chi connectivity index (χ3v) is 2.00. The lowest BCUT2D eigenvalue weighted by Crippen LogP contribution is -2.10. The summed E-state index contributed by atoms with van der Waals surface area (Å²) in [6.07, 6.45) is -0.140. The summed E-state index contributed by atoms with van der Waals surface area (Å²) in [6.45, 7) is 0.757. The van der Waals surface area contributed by atoms with Crippen LogP contribution in [0.5, 0.6) is 0 Å². The van der Waals surface area contributed by atoms with Crippen molar-refractivity contribution in [2.45, 2.75) is 19.6 Å². The van der Waals surface area contributed by atoms with Crippen LogP contribution < -0.4 is 5.73 Å². The zero-order valence-corrected chi connectivity index (χ0v) is 7.36. The first kappa shape index (κ1) is 8.89. The van der Waals surface area contributed by atoms with Crippen molar-refractivity contribution in [2.75, 3.05) is 5.73 Å². The van der Waals surface area contributed by atoms with E-state index in [-0.39, 0.29) is 12.4 Å². The second kappa shape index (κ2) is 3.22. The molecule has 0 unspecified atom stereocenters. The summed E-state index contributed by atoms with van der Waals surface area (Å²) in [6, 6.07) is 0. The lowest BCUT2D eigenvalue weighted by atomic mass is 10.1. The first-order valence-corrected chi connectivity index (χ1v) is 4.10. The number of hydrogen-bond donors (Lipinski definition) is 2. The van der Waals surface area contributed by atoms with Crippen LogP contribution in [0.4, 0.5) is 5.95 Å². The highest BCUT2D eigenvalue weighted by Gasteiger charge is 2.20. The summed E-state index contributed by atoms with van der Waals surface area (Å²) >= 11 is 0. The molecule has 0 spiro atoms. The number of aliphatic carboxylic acids is 1. The molecule has 2 rings (SSSR count). The van der Waals surface area contributed by atoms with Gasteiger partial charge in [0.05, 0.1) is 31.0 Å². The Morgan fingerprint density at radius 1 is 1.50 bits per heavy atom. The number of rotatable bonds is 2. The number of ether oxygens (including phenoxy) is 1. The molecule has 0 amide bonds. The second-order valence-corrected chi connectivity index (χ2v) is 3.02. The monoisotopic (exact) mass is 195 g/mol. The molecule has 0 saturated heterocycles. The molecule has 14 heavy (non-hydrogen) atoms. The van der Waals surface area contributed by atoms with Crippen LogP contribution in [0.15, 0.2) is 0 Å². The fourth-order valence-electron chi connectivity index (χ4n) is 1.43. The van der Waals surface area contributed by atoms with Gasteiger partial charge >= 0.3 is 5.97 Å². The minimum absolute atomic E-state index is 0.102. The number of aromatic nitrogens is 2. The smallest absolute Gasteiger partial charge is 0.309 e. The minimum atomic E-state index is -0.933. The SMILES string of the molecule is Nc1nc2c(c(CC(=O)O)n1)COC2. The molecular formula is C8H9N3O3. The highest BCUT2D eigenvalue weighted by molar-refractivity contribution is 5.70. The summed E-state index contributed by atoms with van der Waals surface area (Å²) in [4.78, 5) is 18.4.